The molecule has 3 nitrogen and oxygen atoms in total. The molecule has 1 rings (SSSR count). The Morgan fingerprint density at radius 2 is 1.41 bits per heavy atom. The van der Waals surface area contributed by atoms with E-state index in [9.17, 15) is 26.7 Å². The van der Waals surface area contributed by atoms with Crippen molar-refractivity contribution in [3.05, 3.63) is 24.3 Å². The molecule has 1 aromatic rings. The van der Waals surface area contributed by atoms with E-state index < -0.39 is 18.0 Å². The summed E-state index contributed by atoms with van der Waals surface area (Å²) >= 11 is 0. The molecule has 1 aromatic carbocycles. The zero-order valence-electron chi connectivity index (χ0n) is 7.92. The lowest BCUT2D eigenvalue weighted by Gasteiger charge is -2.20. The van der Waals surface area contributed by atoms with Crippen molar-refractivity contribution in [3.63, 3.8) is 0 Å². The van der Waals surface area contributed by atoms with Crippen LogP contribution in [0.25, 0.3) is 0 Å². The number of ether oxygens (including phenoxy) is 2. The van der Waals surface area contributed by atoms with Crippen molar-refractivity contribution in [2.24, 2.45) is 0 Å². The maximum atomic E-state index is 12.4. The molecule has 0 saturated heterocycles. The van der Waals surface area contributed by atoms with Crippen LogP contribution in [-0.4, -0.2) is 18.8 Å². The molecule has 0 aliphatic rings. The molecule has 0 atom stereocenters. The first-order chi connectivity index (χ1) is 7.76. The van der Waals surface area contributed by atoms with E-state index in [1.165, 1.54) is 0 Å². The Bertz CT molecular complexity index is 385. The molecule has 0 aromatic heterocycles. The van der Waals surface area contributed by atoms with Gasteiger partial charge in [0.1, 0.15) is 11.5 Å². The number of alkyl halides is 5. The third kappa shape index (κ3) is 3.30. The van der Waals surface area contributed by atoms with Crippen LogP contribution in [0.3, 0.4) is 0 Å². The van der Waals surface area contributed by atoms with E-state index in [1.807, 2.05) is 0 Å². The molecule has 93 valence electrons. The Morgan fingerprint density at radius 3 is 1.82 bits per heavy atom. The van der Waals surface area contributed by atoms with Gasteiger partial charge in [-0.15, -0.1) is 0 Å². The van der Waals surface area contributed by atoms with Gasteiger partial charge in [0.25, 0.3) is 0 Å². The van der Waals surface area contributed by atoms with Crippen LogP contribution in [0.1, 0.15) is 0 Å². The standard InChI is InChI=1S/C9H4F5O3/c10-8(11,12)9(13,14)17-7-3-1-6(2-4-7)16-5-15/h1-4H. The minimum Gasteiger partial charge on any atom is -0.426 e. The Morgan fingerprint density at radius 1 is 0.941 bits per heavy atom. The van der Waals surface area contributed by atoms with Crippen LogP contribution >= 0.6 is 0 Å². The fraction of sp³-hybridized carbons (Fsp3) is 0.222. The molecule has 0 N–H and O–H groups in total. The highest BCUT2D eigenvalue weighted by Gasteiger charge is 2.61. The first kappa shape index (κ1) is 13.2. The summed E-state index contributed by atoms with van der Waals surface area (Å²) in [7, 11) is 0. The predicted molar refractivity (Wildman–Crippen MR) is 44.4 cm³/mol. The molecule has 0 saturated carbocycles. The molecule has 0 spiro atoms. The molecule has 1 radical (unpaired) electrons. The molecule has 8 heteroatoms. The van der Waals surface area contributed by atoms with Crippen LogP contribution in [0.15, 0.2) is 24.3 Å². The summed E-state index contributed by atoms with van der Waals surface area (Å²) < 4.78 is 67.8. The third-order valence-electron chi connectivity index (χ3n) is 1.56. The second kappa shape index (κ2) is 4.56. The van der Waals surface area contributed by atoms with E-state index in [1.54, 1.807) is 0 Å². The highest BCUT2D eigenvalue weighted by atomic mass is 19.4. The van der Waals surface area contributed by atoms with Crippen LogP contribution in [0.2, 0.25) is 0 Å². The van der Waals surface area contributed by atoms with Crippen molar-refractivity contribution in [1.29, 1.82) is 0 Å². The maximum absolute atomic E-state index is 12.4. The molecular formula is C9H4F5O3. The topological polar surface area (TPSA) is 35.5 Å². The normalized spacial score (nSPS) is 12.1. The lowest BCUT2D eigenvalue weighted by atomic mass is 10.3. The van der Waals surface area contributed by atoms with Crippen molar-refractivity contribution >= 4 is 6.47 Å². The summed E-state index contributed by atoms with van der Waals surface area (Å²) in [5.41, 5.74) is 0. The average Bonchev–Trinajstić information content (AvgIpc) is 2.19. The Labute approximate surface area is 91.7 Å². The maximum Gasteiger partial charge on any atom is 0.499 e. The quantitative estimate of drug-likeness (QED) is 0.776. The predicted octanol–water partition coefficient (Wildman–Crippen LogP) is 2.67. The third-order valence-corrected chi connectivity index (χ3v) is 1.56. The molecule has 0 aliphatic heterocycles. The van der Waals surface area contributed by atoms with Crippen molar-refractivity contribution in [1.82, 2.24) is 0 Å². The van der Waals surface area contributed by atoms with Crippen molar-refractivity contribution in [2.45, 2.75) is 12.3 Å². The van der Waals surface area contributed by atoms with Gasteiger partial charge in [-0.3, -0.25) is 0 Å². The van der Waals surface area contributed by atoms with Gasteiger partial charge < -0.3 is 9.47 Å². The summed E-state index contributed by atoms with van der Waals surface area (Å²) in [5, 5.41) is 0. The van der Waals surface area contributed by atoms with Crippen LogP contribution in [0.4, 0.5) is 22.0 Å². The van der Waals surface area contributed by atoms with Gasteiger partial charge in [0, 0.05) is 0 Å². The Balaban J connectivity index is 2.79. The monoisotopic (exact) mass is 255 g/mol. The molecule has 0 aliphatic carbocycles. The molecule has 0 amide bonds. The number of rotatable bonds is 4. The summed E-state index contributed by atoms with van der Waals surface area (Å²) in [4.78, 5) is 9.77. The van der Waals surface area contributed by atoms with Gasteiger partial charge in [-0.2, -0.15) is 22.0 Å². The highest BCUT2D eigenvalue weighted by molar-refractivity contribution is 5.46. The zero-order chi connectivity index (χ0) is 13.1. The summed E-state index contributed by atoms with van der Waals surface area (Å²) in [6.07, 6.45) is -11.1. The van der Waals surface area contributed by atoms with E-state index in [2.05, 4.69) is 9.47 Å². The van der Waals surface area contributed by atoms with E-state index in [0.29, 0.717) is 0 Å². The van der Waals surface area contributed by atoms with Crippen LogP contribution in [0.5, 0.6) is 11.5 Å². The van der Waals surface area contributed by atoms with Gasteiger partial charge in [-0.25, -0.2) is 4.79 Å². The fourth-order valence-corrected chi connectivity index (χ4v) is 0.830. The Kier molecular flexibility index (Phi) is 3.54. The molecule has 17 heavy (non-hydrogen) atoms. The number of hydrogen-bond acceptors (Lipinski definition) is 3. The van der Waals surface area contributed by atoms with E-state index >= 15 is 0 Å². The molecule has 0 unspecified atom stereocenters. The van der Waals surface area contributed by atoms with Crippen LogP contribution < -0.4 is 9.47 Å². The number of hydrogen-bond donors (Lipinski definition) is 0. The van der Waals surface area contributed by atoms with Gasteiger partial charge in [-0.05, 0) is 24.3 Å². The smallest absolute Gasteiger partial charge is 0.426 e. The first-order valence-corrected chi connectivity index (χ1v) is 4.04. The van der Waals surface area contributed by atoms with Crippen molar-refractivity contribution < 1.29 is 36.2 Å². The van der Waals surface area contributed by atoms with E-state index in [-0.39, 0.29) is 5.75 Å². The minimum atomic E-state index is -5.81. The fourth-order valence-electron chi connectivity index (χ4n) is 0.830. The summed E-state index contributed by atoms with van der Waals surface area (Å²) in [5.74, 6) is -0.784. The largest absolute Gasteiger partial charge is 0.499 e. The number of carbonyl (C=O) groups excluding carboxylic acids is 1. The number of benzene rings is 1. The second-order valence-corrected chi connectivity index (χ2v) is 2.77. The lowest BCUT2D eigenvalue weighted by Crippen LogP contribution is -2.41. The zero-order valence-corrected chi connectivity index (χ0v) is 7.92. The van der Waals surface area contributed by atoms with E-state index in [4.69, 9.17) is 0 Å². The minimum absolute atomic E-state index is 0.0670. The average molecular weight is 255 g/mol. The second-order valence-electron chi connectivity index (χ2n) is 2.77. The van der Waals surface area contributed by atoms with Gasteiger partial charge in [-0.1, -0.05) is 0 Å². The molecule has 0 bridgehead atoms. The number of halogens is 5. The summed E-state index contributed by atoms with van der Waals surface area (Å²) in [6.45, 7) is 1.06. The Hall–Kier alpha value is -1.86. The van der Waals surface area contributed by atoms with Gasteiger partial charge in [0.05, 0.1) is 0 Å². The van der Waals surface area contributed by atoms with Gasteiger partial charge >= 0.3 is 18.8 Å². The van der Waals surface area contributed by atoms with Crippen LogP contribution in [-0.2, 0) is 4.79 Å². The highest BCUT2D eigenvalue weighted by Crippen LogP contribution is 2.37. The van der Waals surface area contributed by atoms with Crippen molar-refractivity contribution in [3.8, 4) is 11.5 Å². The van der Waals surface area contributed by atoms with Crippen LogP contribution in [0, 0.1) is 0 Å². The van der Waals surface area contributed by atoms with Gasteiger partial charge in [0.2, 0.25) is 0 Å². The molecule has 0 heterocycles. The summed E-state index contributed by atoms with van der Waals surface area (Å²) in [6, 6.07) is 3.55. The lowest BCUT2D eigenvalue weighted by molar-refractivity contribution is -0.360. The molecular weight excluding hydrogens is 251 g/mol. The van der Waals surface area contributed by atoms with Crippen molar-refractivity contribution in [2.75, 3.05) is 0 Å². The van der Waals surface area contributed by atoms with E-state index in [0.717, 1.165) is 30.7 Å². The molecule has 0 fully saturated rings. The first-order valence-electron chi connectivity index (χ1n) is 4.04. The van der Waals surface area contributed by atoms with Gasteiger partial charge in [0.15, 0.2) is 0 Å². The SMILES string of the molecule is O=[C]Oc1ccc(OC(F)(F)C(F)(F)F)cc1.